The Balaban J connectivity index is 2.10. The van der Waals surface area contributed by atoms with Gasteiger partial charge in [0, 0.05) is 5.56 Å². The van der Waals surface area contributed by atoms with Gasteiger partial charge >= 0.3 is 0 Å². The van der Waals surface area contributed by atoms with Crippen molar-refractivity contribution in [3.05, 3.63) is 65.1 Å². The Hall–Kier alpha value is -2.82. The van der Waals surface area contributed by atoms with Crippen molar-refractivity contribution < 1.29 is 14.3 Å². The van der Waals surface area contributed by atoms with E-state index in [2.05, 4.69) is 17.1 Å². The average Bonchev–Trinajstić information content (AvgIpc) is 2.82. The number of aryl methyl sites for hydroxylation is 2. The van der Waals surface area contributed by atoms with Crippen LogP contribution in [0.4, 0.5) is 0 Å². The van der Waals surface area contributed by atoms with Gasteiger partial charge in [0.2, 0.25) is 0 Å². The number of nitrogens with one attached hydrogen (secondary N) is 1. The van der Waals surface area contributed by atoms with Gasteiger partial charge in [0.15, 0.2) is 0 Å². The molecule has 5 nitrogen and oxygen atoms in total. The van der Waals surface area contributed by atoms with E-state index in [0.717, 1.165) is 5.56 Å². The summed E-state index contributed by atoms with van der Waals surface area (Å²) in [5.41, 5.74) is 4.15. The van der Waals surface area contributed by atoms with Gasteiger partial charge in [0.1, 0.15) is 17.3 Å². The molecule has 0 aliphatic rings. The number of hydrogen-bond donors (Lipinski definition) is 2. The largest absolute Gasteiger partial charge is 0.507 e. The maximum atomic E-state index is 12.0. The molecule has 0 aliphatic carbocycles. The molecule has 2 aromatic rings. The average molecular weight is 298 g/mol. The first-order valence-corrected chi connectivity index (χ1v) is 6.85. The SMILES string of the molecule is C=CCc1cccc(/C=N/NC(=O)c2cc(C)oc2C)c1O. The number of phenols is 1. The van der Waals surface area contributed by atoms with Gasteiger partial charge in [0.25, 0.3) is 5.91 Å². The molecule has 114 valence electrons. The summed E-state index contributed by atoms with van der Waals surface area (Å²) in [6, 6.07) is 6.99. The molecule has 0 spiro atoms. The maximum Gasteiger partial charge on any atom is 0.274 e. The highest BCUT2D eigenvalue weighted by molar-refractivity contribution is 5.96. The molecule has 1 heterocycles. The Labute approximate surface area is 129 Å². The molecule has 0 unspecified atom stereocenters. The molecule has 0 atom stereocenters. The van der Waals surface area contributed by atoms with Gasteiger partial charge in [-0.3, -0.25) is 4.79 Å². The number of hydrazone groups is 1. The molecule has 0 radical (unpaired) electrons. The van der Waals surface area contributed by atoms with Crippen LogP contribution in [0.15, 0.2) is 46.4 Å². The maximum absolute atomic E-state index is 12.0. The van der Waals surface area contributed by atoms with E-state index in [4.69, 9.17) is 4.42 Å². The Morgan fingerprint density at radius 2 is 2.23 bits per heavy atom. The number of para-hydroxylation sites is 1. The van der Waals surface area contributed by atoms with E-state index in [0.29, 0.717) is 29.1 Å². The normalized spacial score (nSPS) is 10.8. The van der Waals surface area contributed by atoms with E-state index in [1.54, 1.807) is 32.1 Å². The van der Waals surface area contributed by atoms with E-state index in [1.165, 1.54) is 6.21 Å². The number of rotatable bonds is 5. The zero-order valence-corrected chi connectivity index (χ0v) is 12.6. The van der Waals surface area contributed by atoms with Crippen LogP contribution in [0, 0.1) is 13.8 Å². The Bertz CT molecular complexity index is 730. The second-order valence-electron chi connectivity index (χ2n) is 4.87. The monoisotopic (exact) mass is 298 g/mol. The standard InChI is InChI=1S/C17H18N2O3/c1-4-6-13-7-5-8-14(16(13)20)10-18-19-17(21)15-9-11(2)22-12(15)3/h4-5,7-10,20H,1,6H2,2-3H3,(H,19,21)/b18-10+. The fraction of sp³-hybridized carbons (Fsp3) is 0.176. The van der Waals surface area contributed by atoms with Crippen molar-refractivity contribution in [3.63, 3.8) is 0 Å². The molecular formula is C17H18N2O3. The third-order valence-corrected chi connectivity index (χ3v) is 3.17. The smallest absolute Gasteiger partial charge is 0.274 e. The lowest BCUT2D eigenvalue weighted by Gasteiger charge is -2.04. The topological polar surface area (TPSA) is 74.8 Å². The summed E-state index contributed by atoms with van der Waals surface area (Å²) in [6.07, 6.45) is 3.68. The van der Waals surface area contributed by atoms with Gasteiger partial charge in [-0.05, 0) is 38.0 Å². The molecule has 1 amide bonds. The summed E-state index contributed by atoms with van der Waals surface area (Å²) in [5, 5.41) is 14.0. The minimum absolute atomic E-state index is 0.135. The first-order chi connectivity index (χ1) is 10.5. The summed E-state index contributed by atoms with van der Waals surface area (Å²) >= 11 is 0. The minimum Gasteiger partial charge on any atom is -0.507 e. The molecule has 22 heavy (non-hydrogen) atoms. The van der Waals surface area contributed by atoms with Crippen molar-refractivity contribution in [1.29, 1.82) is 0 Å². The van der Waals surface area contributed by atoms with Crippen LogP contribution >= 0.6 is 0 Å². The van der Waals surface area contributed by atoms with E-state index in [1.807, 2.05) is 12.1 Å². The lowest BCUT2D eigenvalue weighted by Crippen LogP contribution is -2.17. The van der Waals surface area contributed by atoms with Crippen LogP contribution in [0.25, 0.3) is 0 Å². The quantitative estimate of drug-likeness (QED) is 0.506. The highest BCUT2D eigenvalue weighted by atomic mass is 16.3. The van der Waals surface area contributed by atoms with Crippen LogP contribution < -0.4 is 5.43 Å². The number of aromatic hydroxyl groups is 1. The summed E-state index contributed by atoms with van der Waals surface area (Å²) in [4.78, 5) is 12.0. The highest BCUT2D eigenvalue weighted by Crippen LogP contribution is 2.21. The van der Waals surface area contributed by atoms with E-state index < -0.39 is 0 Å². The van der Waals surface area contributed by atoms with Crippen molar-refractivity contribution in [2.75, 3.05) is 0 Å². The lowest BCUT2D eigenvalue weighted by molar-refractivity contribution is 0.0953. The molecule has 1 aromatic heterocycles. The molecule has 0 saturated carbocycles. The number of hydrogen-bond acceptors (Lipinski definition) is 4. The number of phenolic OH excluding ortho intramolecular Hbond substituents is 1. The number of benzene rings is 1. The van der Waals surface area contributed by atoms with Gasteiger partial charge in [0.05, 0.1) is 11.8 Å². The summed E-state index contributed by atoms with van der Waals surface area (Å²) in [7, 11) is 0. The van der Waals surface area contributed by atoms with Crippen molar-refractivity contribution in [3.8, 4) is 5.75 Å². The van der Waals surface area contributed by atoms with Crippen LogP contribution in [0.5, 0.6) is 5.75 Å². The Morgan fingerprint density at radius 3 is 2.86 bits per heavy atom. The zero-order valence-electron chi connectivity index (χ0n) is 12.6. The fourth-order valence-corrected chi connectivity index (χ4v) is 2.11. The second-order valence-corrected chi connectivity index (χ2v) is 4.87. The first kappa shape index (κ1) is 15.6. The van der Waals surface area contributed by atoms with Crippen LogP contribution in [0.1, 0.15) is 33.0 Å². The highest BCUT2D eigenvalue weighted by Gasteiger charge is 2.12. The number of furan rings is 1. The van der Waals surface area contributed by atoms with Gasteiger partial charge in [-0.2, -0.15) is 5.10 Å². The Kier molecular flexibility index (Phi) is 4.78. The van der Waals surface area contributed by atoms with Gasteiger partial charge in [-0.15, -0.1) is 6.58 Å². The minimum atomic E-state index is -0.354. The summed E-state index contributed by atoms with van der Waals surface area (Å²) < 4.78 is 5.30. The first-order valence-electron chi connectivity index (χ1n) is 6.85. The summed E-state index contributed by atoms with van der Waals surface area (Å²) in [6.45, 7) is 7.14. The fourth-order valence-electron chi connectivity index (χ4n) is 2.11. The molecule has 0 bridgehead atoms. The number of amides is 1. The third kappa shape index (κ3) is 3.44. The molecule has 2 rings (SSSR count). The molecule has 1 aromatic carbocycles. The van der Waals surface area contributed by atoms with Crippen LogP contribution in [-0.4, -0.2) is 17.2 Å². The second kappa shape index (κ2) is 6.76. The molecule has 0 fully saturated rings. The van der Waals surface area contributed by atoms with Crippen molar-refractivity contribution in [2.24, 2.45) is 5.10 Å². The van der Waals surface area contributed by atoms with Crippen LogP contribution in [-0.2, 0) is 6.42 Å². The van der Waals surface area contributed by atoms with E-state index in [-0.39, 0.29) is 11.7 Å². The van der Waals surface area contributed by atoms with Crippen molar-refractivity contribution >= 4 is 12.1 Å². The molecular weight excluding hydrogens is 280 g/mol. The van der Waals surface area contributed by atoms with Crippen molar-refractivity contribution in [1.82, 2.24) is 5.43 Å². The van der Waals surface area contributed by atoms with Crippen LogP contribution in [0.2, 0.25) is 0 Å². The summed E-state index contributed by atoms with van der Waals surface area (Å²) in [5.74, 6) is 0.991. The molecule has 2 N–H and O–H groups in total. The lowest BCUT2D eigenvalue weighted by atomic mass is 10.1. The van der Waals surface area contributed by atoms with Crippen molar-refractivity contribution in [2.45, 2.75) is 20.3 Å². The Morgan fingerprint density at radius 1 is 1.45 bits per heavy atom. The van der Waals surface area contributed by atoms with Gasteiger partial charge in [-0.1, -0.05) is 18.2 Å². The number of carbonyl (C=O) groups is 1. The predicted octanol–water partition coefficient (Wildman–Crippen LogP) is 3.09. The zero-order chi connectivity index (χ0) is 16.1. The predicted molar refractivity (Wildman–Crippen MR) is 85.3 cm³/mol. The molecule has 0 aliphatic heterocycles. The number of allylic oxidation sites excluding steroid dienone is 1. The molecule has 0 saturated heterocycles. The number of carbonyl (C=O) groups excluding carboxylic acids is 1. The molecule has 5 heteroatoms. The van der Waals surface area contributed by atoms with Crippen LogP contribution in [0.3, 0.4) is 0 Å². The number of nitrogens with zero attached hydrogens (tertiary/aromatic N) is 1. The van der Waals surface area contributed by atoms with Gasteiger partial charge in [-0.25, -0.2) is 5.43 Å². The van der Waals surface area contributed by atoms with E-state index >= 15 is 0 Å². The third-order valence-electron chi connectivity index (χ3n) is 3.17. The van der Waals surface area contributed by atoms with Gasteiger partial charge < -0.3 is 9.52 Å². The van der Waals surface area contributed by atoms with E-state index in [9.17, 15) is 9.90 Å².